The van der Waals surface area contributed by atoms with Crippen molar-refractivity contribution in [1.82, 2.24) is 5.32 Å². The highest BCUT2D eigenvalue weighted by molar-refractivity contribution is 5.77. The number of nitrogens with one attached hydrogen (secondary N) is 1. The van der Waals surface area contributed by atoms with Crippen molar-refractivity contribution in [3.05, 3.63) is 0 Å². The topological polar surface area (TPSA) is 64.3 Å². The first-order valence-corrected chi connectivity index (χ1v) is 6.80. The van der Waals surface area contributed by atoms with Crippen LogP contribution in [0.1, 0.15) is 51.9 Å². The van der Waals surface area contributed by atoms with Crippen molar-refractivity contribution in [3.63, 3.8) is 0 Å². The van der Waals surface area contributed by atoms with Crippen LogP contribution in [0.4, 0.5) is 0 Å². The number of carbonyl (C=O) groups is 1. The maximum atomic E-state index is 11.6. The minimum absolute atomic E-state index is 0.0634. The second kappa shape index (κ2) is 7.67. The number of hydrogen-bond donors (Lipinski definition) is 2. The van der Waals surface area contributed by atoms with E-state index in [0.717, 1.165) is 45.1 Å². The molecule has 1 rings (SSSR count). The molecule has 1 aliphatic rings. The molecule has 0 aromatic heterocycles. The molecule has 0 atom stereocenters. The fourth-order valence-corrected chi connectivity index (χ4v) is 2.25. The summed E-state index contributed by atoms with van der Waals surface area (Å²) in [4.78, 5) is 11.6. The third-order valence-corrected chi connectivity index (χ3v) is 3.32. The summed E-state index contributed by atoms with van der Waals surface area (Å²) in [6.07, 6.45) is 6.96. The van der Waals surface area contributed by atoms with E-state index in [2.05, 4.69) is 12.2 Å². The number of nitrogens with two attached hydrogens (primary N) is 1. The Kier molecular flexibility index (Phi) is 6.52. The van der Waals surface area contributed by atoms with Gasteiger partial charge in [-0.05, 0) is 19.3 Å². The first-order chi connectivity index (χ1) is 8.16. The molecule has 1 fully saturated rings. The quantitative estimate of drug-likeness (QED) is 0.635. The van der Waals surface area contributed by atoms with Gasteiger partial charge >= 0.3 is 0 Å². The van der Waals surface area contributed by atoms with E-state index in [9.17, 15) is 4.79 Å². The van der Waals surface area contributed by atoms with Gasteiger partial charge in [0.15, 0.2) is 0 Å². The van der Waals surface area contributed by atoms with E-state index >= 15 is 0 Å². The van der Waals surface area contributed by atoms with E-state index in [1.807, 2.05) is 0 Å². The normalized spacial score (nSPS) is 18.2. The lowest BCUT2D eigenvalue weighted by molar-refractivity contribution is -0.122. The Morgan fingerprint density at radius 1 is 1.35 bits per heavy atom. The Morgan fingerprint density at radius 3 is 2.71 bits per heavy atom. The second-order valence-corrected chi connectivity index (χ2v) is 5.06. The molecule has 0 unspecified atom stereocenters. The summed E-state index contributed by atoms with van der Waals surface area (Å²) >= 11 is 0. The molecule has 1 aliphatic carbocycles. The molecule has 0 saturated heterocycles. The molecule has 0 aromatic carbocycles. The first-order valence-electron chi connectivity index (χ1n) is 6.80. The van der Waals surface area contributed by atoms with Gasteiger partial charge in [-0.2, -0.15) is 0 Å². The lowest BCUT2D eigenvalue weighted by atomic mass is 9.94. The highest BCUT2D eigenvalue weighted by Crippen LogP contribution is 2.29. The van der Waals surface area contributed by atoms with Crippen LogP contribution in [0, 0.1) is 0 Å². The number of ether oxygens (including phenoxy) is 1. The average molecular weight is 242 g/mol. The molecule has 1 amide bonds. The SMILES string of the molecule is CCCCOCCNC(=O)CC1(N)CCCC1. The second-order valence-electron chi connectivity index (χ2n) is 5.06. The van der Waals surface area contributed by atoms with Gasteiger partial charge < -0.3 is 15.8 Å². The molecule has 0 radical (unpaired) electrons. The van der Waals surface area contributed by atoms with Crippen molar-refractivity contribution in [2.45, 2.75) is 57.4 Å². The minimum Gasteiger partial charge on any atom is -0.380 e. The van der Waals surface area contributed by atoms with Gasteiger partial charge in [0.2, 0.25) is 5.91 Å². The number of hydrogen-bond acceptors (Lipinski definition) is 3. The van der Waals surface area contributed by atoms with E-state index in [-0.39, 0.29) is 11.4 Å². The van der Waals surface area contributed by atoms with Gasteiger partial charge in [0.1, 0.15) is 0 Å². The van der Waals surface area contributed by atoms with E-state index < -0.39 is 0 Å². The zero-order chi connectivity index (χ0) is 12.6. The summed E-state index contributed by atoms with van der Waals surface area (Å²) in [6, 6.07) is 0. The van der Waals surface area contributed by atoms with Crippen molar-refractivity contribution >= 4 is 5.91 Å². The maximum absolute atomic E-state index is 11.6. The average Bonchev–Trinajstić information content (AvgIpc) is 2.70. The Morgan fingerprint density at radius 2 is 2.06 bits per heavy atom. The highest BCUT2D eigenvalue weighted by Gasteiger charge is 2.31. The van der Waals surface area contributed by atoms with E-state index in [1.165, 1.54) is 0 Å². The lowest BCUT2D eigenvalue weighted by Crippen LogP contribution is -2.42. The predicted molar refractivity (Wildman–Crippen MR) is 68.7 cm³/mol. The molecule has 0 heterocycles. The Balaban J connectivity index is 2.01. The molecule has 100 valence electrons. The van der Waals surface area contributed by atoms with Crippen LogP contribution in [0.25, 0.3) is 0 Å². The lowest BCUT2D eigenvalue weighted by Gasteiger charge is -2.22. The summed E-state index contributed by atoms with van der Waals surface area (Å²) in [7, 11) is 0. The molecular weight excluding hydrogens is 216 g/mol. The molecule has 0 spiro atoms. The summed E-state index contributed by atoms with van der Waals surface area (Å²) in [6.45, 7) is 4.11. The van der Waals surface area contributed by atoms with Gasteiger partial charge in [-0.3, -0.25) is 4.79 Å². The van der Waals surface area contributed by atoms with Crippen molar-refractivity contribution in [3.8, 4) is 0 Å². The molecule has 4 nitrogen and oxygen atoms in total. The van der Waals surface area contributed by atoms with E-state index in [0.29, 0.717) is 19.6 Å². The van der Waals surface area contributed by atoms with E-state index in [4.69, 9.17) is 10.5 Å². The van der Waals surface area contributed by atoms with Gasteiger partial charge in [0.25, 0.3) is 0 Å². The van der Waals surface area contributed by atoms with Gasteiger partial charge in [0.05, 0.1) is 6.61 Å². The standard InChI is InChI=1S/C13H26N2O2/c1-2-3-9-17-10-8-15-12(16)11-13(14)6-4-5-7-13/h2-11,14H2,1H3,(H,15,16). The third-order valence-electron chi connectivity index (χ3n) is 3.32. The van der Waals surface area contributed by atoms with Crippen LogP contribution in [-0.2, 0) is 9.53 Å². The summed E-state index contributed by atoms with van der Waals surface area (Å²) in [5.74, 6) is 0.0634. The van der Waals surface area contributed by atoms with Crippen LogP contribution in [0.15, 0.2) is 0 Å². The molecule has 1 saturated carbocycles. The highest BCUT2D eigenvalue weighted by atomic mass is 16.5. The number of rotatable bonds is 8. The molecular formula is C13H26N2O2. The minimum atomic E-state index is -0.243. The summed E-state index contributed by atoms with van der Waals surface area (Å²) < 4.78 is 5.37. The zero-order valence-electron chi connectivity index (χ0n) is 11.0. The molecule has 4 heteroatoms. The fraction of sp³-hybridized carbons (Fsp3) is 0.923. The molecule has 17 heavy (non-hydrogen) atoms. The van der Waals surface area contributed by atoms with E-state index in [1.54, 1.807) is 0 Å². The zero-order valence-corrected chi connectivity index (χ0v) is 11.0. The van der Waals surface area contributed by atoms with Crippen molar-refractivity contribution in [2.24, 2.45) is 5.73 Å². The molecule has 0 aromatic rings. The Bertz CT molecular complexity index is 225. The van der Waals surface area contributed by atoms with Crippen LogP contribution >= 0.6 is 0 Å². The van der Waals surface area contributed by atoms with Crippen LogP contribution in [0.5, 0.6) is 0 Å². The Labute approximate surface area is 104 Å². The maximum Gasteiger partial charge on any atom is 0.221 e. The van der Waals surface area contributed by atoms with Crippen LogP contribution in [0.3, 0.4) is 0 Å². The van der Waals surface area contributed by atoms with Gasteiger partial charge in [-0.15, -0.1) is 0 Å². The Hall–Kier alpha value is -0.610. The largest absolute Gasteiger partial charge is 0.380 e. The summed E-state index contributed by atoms with van der Waals surface area (Å²) in [5.41, 5.74) is 5.89. The third kappa shape index (κ3) is 6.03. The smallest absolute Gasteiger partial charge is 0.221 e. The van der Waals surface area contributed by atoms with Gasteiger partial charge in [-0.25, -0.2) is 0 Å². The van der Waals surface area contributed by atoms with Gasteiger partial charge in [0, 0.05) is 25.1 Å². The number of carbonyl (C=O) groups excluding carboxylic acids is 1. The van der Waals surface area contributed by atoms with Crippen molar-refractivity contribution in [2.75, 3.05) is 19.8 Å². The van der Waals surface area contributed by atoms with Crippen molar-refractivity contribution < 1.29 is 9.53 Å². The van der Waals surface area contributed by atoms with Crippen LogP contribution in [0.2, 0.25) is 0 Å². The van der Waals surface area contributed by atoms with Crippen LogP contribution < -0.4 is 11.1 Å². The van der Waals surface area contributed by atoms with Crippen molar-refractivity contribution in [1.29, 1.82) is 0 Å². The number of amides is 1. The monoisotopic (exact) mass is 242 g/mol. The predicted octanol–water partition coefficient (Wildman–Crippen LogP) is 1.58. The fourth-order valence-electron chi connectivity index (χ4n) is 2.25. The molecule has 3 N–H and O–H groups in total. The van der Waals surface area contributed by atoms with Crippen LogP contribution in [-0.4, -0.2) is 31.2 Å². The van der Waals surface area contributed by atoms with Gasteiger partial charge in [-0.1, -0.05) is 26.2 Å². The molecule has 0 aliphatic heterocycles. The molecule has 0 bridgehead atoms. The summed E-state index contributed by atoms with van der Waals surface area (Å²) in [5, 5.41) is 2.87. The number of unbranched alkanes of at least 4 members (excludes halogenated alkanes) is 1. The first kappa shape index (κ1) is 14.5.